The predicted molar refractivity (Wildman–Crippen MR) is 96.8 cm³/mol. The van der Waals surface area contributed by atoms with E-state index in [1.54, 1.807) is 11.8 Å². The van der Waals surface area contributed by atoms with Crippen LogP contribution in [0.4, 0.5) is 0 Å². The van der Waals surface area contributed by atoms with Crippen LogP contribution in [0.2, 0.25) is 0 Å². The molecule has 0 radical (unpaired) electrons. The molecule has 0 aliphatic heterocycles. The molecule has 4 heteroatoms. The minimum absolute atomic E-state index is 0.187. The van der Waals surface area contributed by atoms with Crippen molar-refractivity contribution in [2.75, 3.05) is 5.75 Å². The maximum Gasteiger partial charge on any atom is 0.230 e. The Hall–Kier alpha value is -0.480. The smallest absolute Gasteiger partial charge is 0.230 e. The van der Waals surface area contributed by atoms with Gasteiger partial charge in [-0.15, -0.1) is 11.8 Å². The van der Waals surface area contributed by atoms with Crippen molar-refractivity contribution in [1.82, 2.24) is 5.32 Å². The van der Waals surface area contributed by atoms with Gasteiger partial charge in [0.1, 0.15) is 0 Å². The average Bonchev–Trinajstić information content (AvgIpc) is 3.12. The third-order valence-electron chi connectivity index (χ3n) is 5.27. The van der Waals surface area contributed by atoms with Gasteiger partial charge in [0.2, 0.25) is 5.91 Å². The van der Waals surface area contributed by atoms with Crippen molar-refractivity contribution in [3.8, 4) is 0 Å². The Bertz CT molecular complexity index is 536. The van der Waals surface area contributed by atoms with Crippen molar-refractivity contribution in [1.29, 1.82) is 0 Å². The summed E-state index contributed by atoms with van der Waals surface area (Å²) in [5.41, 5.74) is 1.25. The van der Waals surface area contributed by atoms with Gasteiger partial charge < -0.3 is 5.32 Å². The fraction of sp³-hybridized carbons (Fsp3) is 0.611. The van der Waals surface area contributed by atoms with E-state index in [4.69, 9.17) is 0 Å². The molecule has 0 aromatic heterocycles. The minimum atomic E-state index is 0.187. The number of nitrogens with one attached hydrogen (secondary N) is 1. The number of benzene rings is 1. The van der Waals surface area contributed by atoms with Crippen LogP contribution in [0.15, 0.2) is 28.7 Å². The fourth-order valence-corrected chi connectivity index (χ4v) is 5.63. The number of carbonyl (C=O) groups excluding carboxylic acids is 1. The quantitative estimate of drug-likeness (QED) is 0.778. The monoisotopic (exact) mass is 381 g/mol. The molecule has 1 aromatic carbocycles. The first-order chi connectivity index (χ1) is 10.6. The molecule has 1 N–H and O–H groups in total. The molecule has 2 nitrogen and oxygen atoms in total. The minimum Gasteiger partial charge on any atom is -0.353 e. The second-order valence-corrected chi connectivity index (χ2v) is 8.62. The third-order valence-corrected chi connectivity index (χ3v) is 7.03. The first-order valence-electron chi connectivity index (χ1n) is 8.24. The molecule has 0 saturated heterocycles. The Kier molecular flexibility index (Phi) is 5.50. The third kappa shape index (κ3) is 3.88. The lowest BCUT2D eigenvalue weighted by Gasteiger charge is -2.28. The van der Waals surface area contributed by atoms with E-state index < -0.39 is 0 Å². The fourth-order valence-electron chi connectivity index (χ4n) is 4.18. The molecule has 1 aromatic rings. The summed E-state index contributed by atoms with van der Waals surface area (Å²) in [4.78, 5) is 12.1. The molecule has 4 atom stereocenters. The molecular formula is C18H24BrNOS. The molecule has 2 fully saturated rings. The molecule has 2 aliphatic carbocycles. The topological polar surface area (TPSA) is 29.1 Å². The number of halogens is 1. The number of carbonyl (C=O) groups is 1. The van der Waals surface area contributed by atoms with Crippen molar-refractivity contribution in [2.45, 2.75) is 44.4 Å². The molecular weight excluding hydrogens is 358 g/mol. The molecule has 3 rings (SSSR count). The normalized spacial score (nSPS) is 27.8. The largest absolute Gasteiger partial charge is 0.353 e. The summed E-state index contributed by atoms with van der Waals surface area (Å²) in [7, 11) is 0. The Morgan fingerprint density at radius 3 is 2.86 bits per heavy atom. The summed E-state index contributed by atoms with van der Waals surface area (Å²) >= 11 is 5.24. The van der Waals surface area contributed by atoms with Gasteiger partial charge >= 0.3 is 0 Å². The standard InChI is InChI=1S/C18H24BrNOS/c1-12(16-9-13-6-7-14(16)8-13)20-18(21)11-22-10-15-4-2-3-5-17(15)19/h2-5,12-14,16H,6-11H2,1H3,(H,20,21)/t12-,13-,14-,16+/m0/s1. The molecule has 1 amide bonds. The lowest BCUT2D eigenvalue weighted by Crippen LogP contribution is -2.40. The first-order valence-corrected chi connectivity index (χ1v) is 10.2. The second-order valence-electron chi connectivity index (χ2n) is 6.78. The van der Waals surface area contributed by atoms with Crippen molar-refractivity contribution in [3.05, 3.63) is 34.3 Å². The van der Waals surface area contributed by atoms with Gasteiger partial charge in [0.15, 0.2) is 0 Å². The summed E-state index contributed by atoms with van der Waals surface area (Å²) < 4.78 is 1.12. The van der Waals surface area contributed by atoms with Crippen LogP contribution in [0, 0.1) is 17.8 Å². The molecule has 22 heavy (non-hydrogen) atoms. The molecule has 120 valence electrons. The molecule has 0 spiro atoms. The Morgan fingerprint density at radius 2 is 2.18 bits per heavy atom. The van der Waals surface area contributed by atoms with E-state index in [1.807, 2.05) is 18.2 Å². The zero-order valence-electron chi connectivity index (χ0n) is 13.1. The van der Waals surface area contributed by atoms with E-state index in [0.29, 0.717) is 11.8 Å². The number of hydrogen-bond donors (Lipinski definition) is 1. The van der Waals surface area contributed by atoms with Crippen LogP contribution in [0.25, 0.3) is 0 Å². The summed E-state index contributed by atoms with van der Waals surface area (Å²) in [6, 6.07) is 8.55. The Balaban J connectivity index is 1.40. The highest BCUT2D eigenvalue weighted by atomic mass is 79.9. The highest BCUT2D eigenvalue weighted by Gasteiger charge is 2.42. The van der Waals surface area contributed by atoms with Gasteiger partial charge in [0, 0.05) is 16.3 Å². The van der Waals surface area contributed by atoms with E-state index in [2.05, 4.69) is 34.2 Å². The SMILES string of the molecule is C[C@H](NC(=O)CSCc1ccccc1Br)[C@H]1C[C@H]2CC[C@H]1C2. The van der Waals surface area contributed by atoms with Gasteiger partial charge in [-0.1, -0.05) is 40.5 Å². The predicted octanol–water partition coefficient (Wildman–Crippen LogP) is 4.62. The molecule has 0 unspecified atom stereocenters. The maximum absolute atomic E-state index is 12.1. The van der Waals surface area contributed by atoms with E-state index in [1.165, 1.54) is 31.2 Å². The molecule has 0 heterocycles. The van der Waals surface area contributed by atoms with E-state index in [9.17, 15) is 4.79 Å². The molecule has 2 bridgehead atoms. The van der Waals surface area contributed by atoms with Gasteiger partial charge in [0.25, 0.3) is 0 Å². The summed E-state index contributed by atoms with van der Waals surface area (Å²) in [6.07, 6.45) is 5.54. The van der Waals surface area contributed by atoms with Crippen LogP contribution in [-0.4, -0.2) is 17.7 Å². The zero-order chi connectivity index (χ0) is 15.5. The van der Waals surface area contributed by atoms with Crippen LogP contribution in [0.3, 0.4) is 0 Å². The Labute approximate surface area is 146 Å². The summed E-state index contributed by atoms with van der Waals surface area (Å²) in [5, 5.41) is 3.24. The van der Waals surface area contributed by atoms with Crippen LogP contribution < -0.4 is 5.32 Å². The maximum atomic E-state index is 12.1. The van der Waals surface area contributed by atoms with Crippen LogP contribution in [0.5, 0.6) is 0 Å². The van der Waals surface area contributed by atoms with Crippen molar-refractivity contribution >= 4 is 33.6 Å². The highest BCUT2D eigenvalue weighted by molar-refractivity contribution is 9.10. The van der Waals surface area contributed by atoms with Crippen LogP contribution >= 0.6 is 27.7 Å². The van der Waals surface area contributed by atoms with Gasteiger partial charge in [0.05, 0.1) is 5.75 Å². The lowest BCUT2D eigenvalue weighted by atomic mass is 9.84. The van der Waals surface area contributed by atoms with Gasteiger partial charge in [-0.05, 0) is 55.6 Å². The summed E-state index contributed by atoms with van der Waals surface area (Å²) in [6.45, 7) is 2.20. The van der Waals surface area contributed by atoms with Gasteiger partial charge in [-0.2, -0.15) is 0 Å². The van der Waals surface area contributed by atoms with E-state index >= 15 is 0 Å². The number of fused-ring (bicyclic) bond motifs is 2. The molecule has 2 aliphatic rings. The number of thioether (sulfide) groups is 1. The van der Waals surface area contributed by atoms with E-state index in [-0.39, 0.29) is 5.91 Å². The summed E-state index contributed by atoms with van der Waals surface area (Å²) in [5.74, 6) is 4.14. The van der Waals surface area contributed by atoms with Crippen LogP contribution in [0.1, 0.15) is 38.2 Å². The molecule has 2 saturated carbocycles. The number of rotatable bonds is 6. The lowest BCUT2D eigenvalue weighted by molar-refractivity contribution is -0.119. The van der Waals surface area contributed by atoms with Gasteiger partial charge in [-0.3, -0.25) is 4.79 Å². The highest BCUT2D eigenvalue weighted by Crippen LogP contribution is 2.49. The van der Waals surface area contributed by atoms with Crippen molar-refractivity contribution in [2.24, 2.45) is 17.8 Å². The zero-order valence-corrected chi connectivity index (χ0v) is 15.5. The Morgan fingerprint density at radius 1 is 1.36 bits per heavy atom. The van der Waals surface area contributed by atoms with Crippen LogP contribution in [-0.2, 0) is 10.5 Å². The average molecular weight is 382 g/mol. The van der Waals surface area contributed by atoms with Gasteiger partial charge in [-0.25, -0.2) is 0 Å². The second kappa shape index (κ2) is 7.39. The number of amides is 1. The van der Waals surface area contributed by atoms with Crippen molar-refractivity contribution in [3.63, 3.8) is 0 Å². The van der Waals surface area contributed by atoms with E-state index in [0.717, 1.165) is 28.0 Å². The first kappa shape index (κ1) is 16.4. The number of hydrogen-bond acceptors (Lipinski definition) is 2. The van der Waals surface area contributed by atoms with Crippen molar-refractivity contribution < 1.29 is 4.79 Å².